The molecule has 1 aromatic carbocycles. The van der Waals surface area contributed by atoms with Gasteiger partial charge in [0.1, 0.15) is 0 Å². The van der Waals surface area contributed by atoms with E-state index in [9.17, 15) is 4.79 Å². The summed E-state index contributed by atoms with van der Waals surface area (Å²) in [6.45, 7) is 4.38. The highest BCUT2D eigenvalue weighted by Gasteiger charge is 2.23. The number of pyridine rings is 1. The van der Waals surface area contributed by atoms with Crippen molar-refractivity contribution in [1.29, 1.82) is 0 Å². The molecule has 1 amide bonds. The van der Waals surface area contributed by atoms with E-state index in [4.69, 9.17) is 4.74 Å². The molecule has 134 valence electrons. The van der Waals surface area contributed by atoms with Gasteiger partial charge >= 0.3 is 0 Å². The first kappa shape index (κ1) is 17.1. The van der Waals surface area contributed by atoms with Crippen molar-refractivity contribution in [3.63, 3.8) is 0 Å². The summed E-state index contributed by atoms with van der Waals surface area (Å²) in [7, 11) is 0. The standard InChI is InChI=1S/C19H19BrN4O2/c1-12-10-21-17-16(12)15(19(25)24-5-7-26-8-6-24)11-22-18(17)23-14-4-2-3-13(20)9-14/h2-4,9-11,21H,5-8H2,1H3,(H,22,23). The van der Waals surface area contributed by atoms with Crippen LogP contribution in [0, 0.1) is 6.92 Å². The Labute approximate surface area is 159 Å². The maximum absolute atomic E-state index is 13.0. The fourth-order valence-electron chi connectivity index (χ4n) is 3.21. The van der Waals surface area contributed by atoms with Gasteiger partial charge in [-0.05, 0) is 30.7 Å². The lowest BCUT2D eigenvalue weighted by molar-refractivity contribution is 0.0304. The molecule has 0 saturated carbocycles. The molecule has 7 heteroatoms. The van der Waals surface area contributed by atoms with Crippen molar-refractivity contribution in [2.75, 3.05) is 31.6 Å². The first-order valence-electron chi connectivity index (χ1n) is 8.50. The third kappa shape index (κ3) is 3.20. The molecule has 26 heavy (non-hydrogen) atoms. The van der Waals surface area contributed by atoms with Crippen LogP contribution in [0.25, 0.3) is 10.9 Å². The van der Waals surface area contributed by atoms with E-state index in [1.807, 2.05) is 42.3 Å². The number of aromatic nitrogens is 2. The number of amides is 1. The molecule has 0 unspecified atom stereocenters. The molecular formula is C19H19BrN4O2. The fourth-order valence-corrected chi connectivity index (χ4v) is 3.61. The maximum Gasteiger partial charge on any atom is 0.256 e. The van der Waals surface area contributed by atoms with Gasteiger partial charge in [0.15, 0.2) is 5.82 Å². The number of hydrogen-bond donors (Lipinski definition) is 2. The maximum atomic E-state index is 13.0. The number of nitrogens with one attached hydrogen (secondary N) is 2. The zero-order valence-corrected chi connectivity index (χ0v) is 16.0. The number of carbonyl (C=O) groups is 1. The molecule has 3 aromatic rings. The number of ether oxygens (including phenoxy) is 1. The minimum Gasteiger partial charge on any atom is -0.378 e. The number of fused-ring (bicyclic) bond motifs is 1. The Hall–Kier alpha value is -2.38. The van der Waals surface area contributed by atoms with E-state index in [0.29, 0.717) is 37.7 Å². The normalized spacial score (nSPS) is 14.6. The smallest absolute Gasteiger partial charge is 0.256 e. The van der Waals surface area contributed by atoms with Gasteiger partial charge in [0, 0.05) is 41.0 Å². The lowest BCUT2D eigenvalue weighted by Crippen LogP contribution is -2.40. The van der Waals surface area contributed by atoms with Gasteiger partial charge in [-0.1, -0.05) is 22.0 Å². The third-order valence-electron chi connectivity index (χ3n) is 4.52. The number of hydrogen-bond acceptors (Lipinski definition) is 4. The molecule has 1 fully saturated rings. The third-order valence-corrected chi connectivity index (χ3v) is 5.02. The van der Waals surface area contributed by atoms with Crippen LogP contribution in [0.3, 0.4) is 0 Å². The highest BCUT2D eigenvalue weighted by Crippen LogP contribution is 2.30. The Bertz CT molecular complexity index is 963. The van der Waals surface area contributed by atoms with Crippen LogP contribution in [0.15, 0.2) is 41.1 Å². The highest BCUT2D eigenvalue weighted by molar-refractivity contribution is 9.10. The van der Waals surface area contributed by atoms with E-state index in [-0.39, 0.29) is 5.91 Å². The molecular weight excluding hydrogens is 396 g/mol. The molecule has 1 aliphatic heterocycles. The van der Waals surface area contributed by atoms with Crippen LogP contribution >= 0.6 is 15.9 Å². The topological polar surface area (TPSA) is 70.2 Å². The fraction of sp³-hybridized carbons (Fsp3) is 0.263. The van der Waals surface area contributed by atoms with E-state index in [1.54, 1.807) is 6.20 Å². The average Bonchev–Trinajstić information content (AvgIpc) is 3.05. The van der Waals surface area contributed by atoms with Crippen LogP contribution in [0.5, 0.6) is 0 Å². The summed E-state index contributed by atoms with van der Waals surface area (Å²) in [4.78, 5) is 22.6. The van der Waals surface area contributed by atoms with Crippen molar-refractivity contribution < 1.29 is 9.53 Å². The van der Waals surface area contributed by atoms with Crippen molar-refractivity contribution in [2.24, 2.45) is 0 Å². The second-order valence-electron chi connectivity index (χ2n) is 6.28. The first-order chi connectivity index (χ1) is 12.6. The zero-order valence-electron chi connectivity index (χ0n) is 14.4. The largest absolute Gasteiger partial charge is 0.378 e. The molecule has 0 aliphatic carbocycles. The Balaban J connectivity index is 1.73. The van der Waals surface area contributed by atoms with Gasteiger partial charge in [-0.3, -0.25) is 4.79 Å². The second kappa shape index (κ2) is 7.09. The SMILES string of the molecule is Cc1c[nH]c2c(Nc3cccc(Br)c3)ncc(C(=O)N3CCOCC3)c12. The van der Waals surface area contributed by atoms with Gasteiger partial charge < -0.3 is 19.9 Å². The van der Waals surface area contributed by atoms with Crippen molar-refractivity contribution in [1.82, 2.24) is 14.9 Å². The van der Waals surface area contributed by atoms with Crippen molar-refractivity contribution in [3.05, 3.63) is 52.3 Å². The number of benzene rings is 1. The summed E-state index contributed by atoms with van der Waals surface area (Å²) in [5.41, 5.74) is 3.41. The van der Waals surface area contributed by atoms with Crippen LogP contribution in [-0.4, -0.2) is 47.1 Å². The first-order valence-corrected chi connectivity index (χ1v) is 9.29. The number of anilines is 2. The number of carbonyl (C=O) groups excluding carboxylic acids is 1. The molecule has 0 spiro atoms. The monoisotopic (exact) mass is 414 g/mol. The van der Waals surface area contributed by atoms with Crippen LogP contribution in [0.4, 0.5) is 11.5 Å². The van der Waals surface area contributed by atoms with E-state index in [2.05, 4.69) is 31.2 Å². The Kier molecular flexibility index (Phi) is 4.65. The Morgan fingerprint density at radius 3 is 2.92 bits per heavy atom. The van der Waals surface area contributed by atoms with E-state index < -0.39 is 0 Å². The van der Waals surface area contributed by atoms with Gasteiger partial charge in [0.25, 0.3) is 5.91 Å². The second-order valence-corrected chi connectivity index (χ2v) is 7.20. The Morgan fingerprint density at radius 1 is 1.35 bits per heavy atom. The van der Waals surface area contributed by atoms with Gasteiger partial charge in [0.05, 0.1) is 24.3 Å². The number of halogens is 1. The average molecular weight is 415 g/mol. The minimum absolute atomic E-state index is 0.00232. The molecule has 4 rings (SSSR count). The number of rotatable bonds is 3. The molecule has 6 nitrogen and oxygen atoms in total. The van der Waals surface area contributed by atoms with Gasteiger partial charge in [0.2, 0.25) is 0 Å². The van der Waals surface area contributed by atoms with Crippen LogP contribution in [-0.2, 0) is 4.74 Å². The van der Waals surface area contributed by atoms with Crippen molar-refractivity contribution in [3.8, 4) is 0 Å². The van der Waals surface area contributed by atoms with Crippen molar-refractivity contribution >= 4 is 44.2 Å². The Morgan fingerprint density at radius 2 is 2.15 bits per heavy atom. The summed E-state index contributed by atoms with van der Waals surface area (Å²) in [5.74, 6) is 0.701. The summed E-state index contributed by atoms with van der Waals surface area (Å²) >= 11 is 3.48. The summed E-state index contributed by atoms with van der Waals surface area (Å²) < 4.78 is 6.33. The molecule has 0 bridgehead atoms. The number of H-pyrrole nitrogens is 1. The van der Waals surface area contributed by atoms with Crippen LogP contribution in [0.2, 0.25) is 0 Å². The molecule has 1 saturated heterocycles. The number of nitrogens with zero attached hydrogens (tertiary/aromatic N) is 2. The van der Waals surface area contributed by atoms with Crippen molar-refractivity contribution in [2.45, 2.75) is 6.92 Å². The van der Waals surface area contributed by atoms with Gasteiger partial charge in [-0.25, -0.2) is 4.98 Å². The number of morpholine rings is 1. The number of aromatic amines is 1. The quantitative estimate of drug-likeness (QED) is 0.682. The zero-order chi connectivity index (χ0) is 18.1. The molecule has 0 atom stereocenters. The molecule has 1 aliphatic rings. The summed E-state index contributed by atoms with van der Waals surface area (Å²) in [5, 5.41) is 4.24. The molecule has 0 radical (unpaired) electrons. The summed E-state index contributed by atoms with van der Waals surface area (Å²) in [6.07, 6.45) is 3.58. The highest BCUT2D eigenvalue weighted by atomic mass is 79.9. The van der Waals surface area contributed by atoms with Crippen LogP contribution < -0.4 is 5.32 Å². The number of aryl methyl sites for hydroxylation is 1. The van der Waals surface area contributed by atoms with E-state index in [0.717, 1.165) is 26.6 Å². The predicted molar refractivity (Wildman–Crippen MR) is 105 cm³/mol. The lowest BCUT2D eigenvalue weighted by Gasteiger charge is -2.27. The molecule has 2 N–H and O–H groups in total. The lowest BCUT2D eigenvalue weighted by atomic mass is 10.1. The van der Waals surface area contributed by atoms with Gasteiger partial charge in [-0.2, -0.15) is 0 Å². The molecule has 2 aromatic heterocycles. The van der Waals surface area contributed by atoms with Gasteiger partial charge in [-0.15, -0.1) is 0 Å². The molecule has 3 heterocycles. The van der Waals surface area contributed by atoms with E-state index in [1.165, 1.54) is 0 Å². The van der Waals surface area contributed by atoms with Crippen LogP contribution in [0.1, 0.15) is 15.9 Å². The van der Waals surface area contributed by atoms with E-state index >= 15 is 0 Å². The predicted octanol–water partition coefficient (Wildman–Crippen LogP) is 3.85. The summed E-state index contributed by atoms with van der Waals surface area (Å²) in [6, 6.07) is 7.88. The minimum atomic E-state index is 0.00232.